The lowest BCUT2D eigenvalue weighted by Crippen LogP contribution is -2.28. The molecule has 1 heterocycles. The first-order valence-corrected chi connectivity index (χ1v) is 7.40. The third-order valence-electron chi connectivity index (χ3n) is 3.33. The number of amides is 1. The van der Waals surface area contributed by atoms with Gasteiger partial charge in [0, 0.05) is 12.2 Å². The largest absolute Gasteiger partial charge is 0.350 e. The zero-order chi connectivity index (χ0) is 16.1. The van der Waals surface area contributed by atoms with Gasteiger partial charge in [-0.05, 0) is 43.0 Å². The molecule has 116 valence electrons. The fourth-order valence-electron chi connectivity index (χ4n) is 1.86. The maximum absolute atomic E-state index is 11.9. The zero-order valence-electron chi connectivity index (χ0n) is 13.5. The summed E-state index contributed by atoms with van der Waals surface area (Å²) in [6, 6.07) is 6.10. The molecule has 0 unspecified atom stereocenters. The van der Waals surface area contributed by atoms with Gasteiger partial charge in [0.25, 0.3) is 5.91 Å². The van der Waals surface area contributed by atoms with Crippen molar-refractivity contribution in [3.8, 4) is 0 Å². The first-order chi connectivity index (χ1) is 10.5. The monoisotopic (exact) mass is 298 g/mol. The molecule has 0 bridgehead atoms. The Hall–Kier alpha value is -2.43. The summed E-state index contributed by atoms with van der Waals surface area (Å²) in [5.41, 5.74) is 3.73. The van der Waals surface area contributed by atoms with Gasteiger partial charge >= 0.3 is 0 Å². The van der Waals surface area contributed by atoms with Crippen LogP contribution in [0.1, 0.15) is 35.5 Å². The van der Waals surface area contributed by atoms with Gasteiger partial charge in [-0.1, -0.05) is 19.9 Å². The molecule has 0 fully saturated rings. The van der Waals surface area contributed by atoms with Gasteiger partial charge in [0.15, 0.2) is 0 Å². The van der Waals surface area contributed by atoms with Crippen molar-refractivity contribution in [3.63, 3.8) is 0 Å². The molecule has 0 saturated carbocycles. The van der Waals surface area contributed by atoms with Crippen LogP contribution in [0.2, 0.25) is 0 Å². The second-order valence-corrected chi connectivity index (χ2v) is 5.81. The van der Waals surface area contributed by atoms with Crippen molar-refractivity contribution in [2.75, 3.05) is 11.9 Å². The molecule has 2 aromatic rings. The Kier molecular flexibility index (Phi) is 5.09. The second kappa shape index (κ2) is 7.02. The van der Waals surface area contributed by atoms with Crippen LogP contribution in [0.4, 0.5) is 11.5 Å². The second-order valence-electron chi connectivity index (χ2n) is 5.81. The van der Waals surface area contributed by atoms with Crippen molar-refractivity contribution in [3.05, 3.63) is 47.4 Å². The lowest BCUT2D eigenvalue weighted by atomic mass is 10.1. The highest BCUT2D eigenvalue weighted by molar-refractivity contribution is 5.92. The van der Waals surface area contributed by atoms with E-state index in [1.807, 2.05) is 19.9 Å². The average Bonchev–Trinajstić information content (AvgIpc) is 2.49. The molecule has 5 nitrogen and oxygen atoms in total. The number of aryl methyl sites for hydroxylation is 2. The number of hydrogen-bond acceptors (Lipinski definition) is 4. The Morgan fingerprint density at radius 3 is 2.50 bits per heavy atom. The number of hydrogen-bond donors (Lipinski definition) is 2. The van der Waals surface area contributed by atoms with Crippen molar-refractivity contribution >= 4 is 17.4 Å². The van der Waals surface area contributed by atoms with Crippen LogP contribution in [0.15, 0.2) is 30.6 Å². The van der Waals surface area contributed by atoms with Crippen molar-refractivity contribution in [2.24, 2.45) is 5.92 Å². The van der Waals surface area contributed by atoms with Crippen molar-refractivity contribution in [1.29, 1.82) is 0 Å². The van der Waals surface area contributed by atoms with Crippen molar-refractivity contribution in [1.82, 2.24) is 15.3 Å². The molecule has 0 aliphatic carbocycles. The van der Waals surface area contributed by atoms with Crippen LogP contribution in [-0.4, -0.2) is 22.4 Å². The van der Waals surface area contributed by atoms with Crippen LogP contribution in [0.3, 0.4) is 0 Å². The van der Waals surface area contributed by atoms with Crippen molar-refractivity contribution in [2.45, 2.75) is 27.7 Å². The zero-order valence-corrected chi connectivity index (χ0v) is 13.5. The Morgan fingerprint density at radius 2 is 1.91 bits per heavy atom. The minimum Gasteiger partial charge on any atom is -0.350 e. The van der Waals surface area contributed by atoms with E-state index in [-0.39, 0.29) is 5.91 Å². The van der Waals surface area contributed by atoms with Crippen LogP contribution in [0.5, 0.6) is 0 Å². The number of aromatic nitrogens is 2. The van der Waals surface area contributed by atoms with E-state index in [0.29, 0.717) is 24.0 Å². The molecule has 2 rings (SSSR count). The summed E-state index contributed by atoms with van der Waals surface area (Å²) >= 11 is 0. The van der Waals surface area contributed by atoms with Crippen LogP contribution >= 0.6 is 0 Å². The summed E-state index contributed by atoms with van der Waals surface area (Å²) in [5, 5.41) is 6.00. The van der Waals surface area contributed by atoms with Crippen molar-refractivity contribution < 1.29 is 4.79 Å². The first kappa shape index (κ1) is 15.9. The molecule has 0 spiro atoms. The third-order valence-corrected chi connectivity index (χ3v) is 3.33. The molecule has 1 aromatic heterocycles. The quantitative estimate of drug-likeness (QED) is 0.889. The third kappa shape index (κ3) is 4.28. The Labute approximate surface area is 131 Å². The number of carbonyl (C=O) groups excluding carboxylic acids is 1. The SMILES string of the molecule is Cc1ccc(Nc2cnc(C(=O)NCC(C)C)cn2)cc1C. The minimum absolute atomic E-state index is 0.195. The molecule has 0 aliphatic heterocycles. The highest BCUT2D eigenvalue weighted by atomic mass is 16.1. The highest BCUT2D eigenvalue weighted by Crippen LogP contribution is 2.17. The van der Waals surface area contributed by atoms with Gasteiger partial charge in [0.2, 0.25) is 0 Å². The van der Waals surface area contributed by atoms with E-state index in [9.17, 15) is 4.79 Å². The summed E-state index contributed by atoms with van der Waals surface area (Å²) in [5.74, 6) is 0.824. The number of anilines is 2. The predicted molar refractivity (Wildman–Crippen MR) is 88.4 cm³/mol. The predicted octanol–water partition coefficient (Wildman–Crippen LogP) is 3.22. The topological polar surface area (TPSA) is 66.9 Å². The molecular formula is C17H22N4O. The van der Waals surface area contributed by atoms with Gasteiger partial charge in [-0.25, -0.2) is 9.97 Å². The highest BCUT2D eigenvalue weighted by Gasteiger charge is 2.08. The maximum Gasteiger partial charge on any atom is 0.271 e. The van der Waals surface area contributed by atoms with E-state index in [1.54, 1.807) is 6.20 Å². The van der Waals surface area contributed by atoms with Gasteiger partial charge in [0.05, 0.1) is 12.4 Å². The van der Waals surface area contributed by atoms with Crippen LogP contribution in [-0.2, 0) is 0 Å². The maximum atomic E-state index is 11.9. The Bertz CT molecular complexity index is 650. The normalized spacial score (nSPS) is 10.6. The lowest BCUT2D eigenvalue weighted by molar-refractivity contribution is 0.0943. The molecular weight excluding hydrogens is 276 g/mol. The fraction of sp³-hybridized carbons (Fsp3) is 0.353. The summed E-state index contributed by atoms with van der Waals surface area (Å²) < 4.78 is 0. The number of carbonyl (C=O) groups is 1. The Balaban J connectivity index is 2.02. The number of benzene rings is 1. The van der Waals surface area contributed by atoms with E-state index in [4.69, 9.17) is 0 Å². The molecule has 1 aromatic carbocycles. The summed E-state index contributed by atoms with van der Waals surface area (Å²) in [7, 11) is 0. The number of rotatable bonds is 5. The molecule has 0 saturated heterocycles. The van der Waals surface area contributed by atoms with E-state index < -0.39 is 0 Å². The van der Waals surface area contributed by atoms with Gasteiger partial charge < -0.3 is 10.6 Å². The van der Waals surface area contributed by atoms with Gasteiger partial charge in [-0.3, -0.25) is 4.79 Å². The summed E-state index contributed by atoms with van der Waals surface area (Å²) in [6.07, 6.45) is 3.05. The van der Waals surface area contributed by atoms with E-state index >= 15 is 0 Å². The molecule has 1 amide bonds. The first-order valence-electron chi connectivity index (χ1n) is 7.40. The number of nitrogens with one attached hydrogen (secondary N) is 2. The molecule has 2 N–H and O–H groups in total. The molecule has 0 aliphatic rings. The van der Waals surface area contributed by atoms with Crippen LogP contribution in [0.25, 0.3) is 0 Å². The number of nitrogens with zero attached hydrogens (tertiary/aromatic N) is 2. The Morgan fingerprint density at radius 1 is 1.14 bits per heavy atom. The van der Waals surface area contributed by atoms with E-state index in [2.05, 4.69) is 46.6 Å². The molecule has 0 atom stereocenters. The average molecular weight is 298 g/mol. The molecule has 5 heteroatoms. The van der Waals surface area contributed by atoms with E-state index in [1.165, 1.54) is 17.3 Å². The van der Waals surface area contributed by atoms with Crippen LogP contribution < -0.4 is 10.6 Å². The minimum atomic E-state index is -0.195. The van der Waals surface area contributed by atoms with Gasteiger partial charge in [-0.2, -0.15) is 0 Å². The molecule has 22 heavy (non-hydrogen) atoms. The smallest absolute Gasteiger partial charge is 0.271 e. The van der Waals surface area contributed by atoms with Crippen LogP contribution in [0, 0.1) is 19.8 Å². The summed E-state index contributed by atoms with van der Waals surface area (Å²) in [4.78, 5) is 20.3. The molecule has 0 radical (unpaired) electrons. The lowest BCUT2D eigenvalue weighted by Gasteiger charge is -2.09. The van der Waals surface area contributed by atoms with E-state index in [0.717, 1.165) is 5.69 Å². The van der Waals surface area contributed by atoms with Gasteiger partial charge in [-0.15, -0.1) is 0 Å². The fourth-order valence-corrected chi connectivity index (χ4v) is 1.86. The van der Waals surface area contributed by atoms with Gasteiger partial charge in [0.1, 0.15) is 11.5 Å². The standard InChI is InChI=1S/C17H22N4O/c1-11(2)8-20-17(22)15-9-19-16(10-18-15)21-14-6-5-12(3)13(4)7-14/h5-7,9-11H,8H2,1-4H3,(H,19,21)(H,20,22). The summed E-state index contributed by atoms with van der Waals surface area (Å²) in [6.45, 7) is 8.85.